The Morgan fingerprint density at radius 3 is 2.31 bits per heavy atom. The van der Waals surface area contributed by atoms with E-state index in [9.17, 15) is 8.42 Å². The van der Waals surface area contributed by atoms with Crippen molar-refractivity contribution in [1.82, 2.24) is 4.72 Å². The van der Waals surface area contributed by atoms with Gasteiger partial charge in [0.25, 0.3) is 0 Å². The Bertz CT molecular complexity index is 1230. The van der Waals surface area contributed by atoms with Gasteiger partial charge in [0.15, 0.2) is 0 Å². The Balaban J connectivity index is 1.46. The monoisotopic (exact) mass is 463 g/mol. The molecule has 0 amide bonds. The minimum absolute atomic E-state index is 0.275. The van der Waals surface area contributed by atoms with Crippen LogP contribution in [0.15, 0.2) is 89.8 Å². The van der Waals surface area contributed by atoms with Crippen molar-refractivity contribution in [2.24, 2.45) is 0 Å². The van der Waals surface area contributed by atoms with Crippen LogP contribution in [0.2, 0.25) is 0 Å². The van der Waals surface area contributed by atoms with Crippen LogP contribution in [0.4, 0.5) is 0 Å². The van der Waals surface area contributed by atoms with Gasteiger partial charge in [0.05, 0.1) is 4.90 Å². The number of fused-ring (bicyclic) bond motifs is 1. The summed E-state index contributed by atoms with van der Waals surface area (Å²) in [7, 11) is -3.50. The fraction of sp³-hybridized carbons (Fsp3) is 0.259. The van der Waals surface area contributed by atoms with Crippen LogP contribution in [0.3, 0.4) is 0 Å². The van der Waals surface area contributed by atoms with E-state index in [1.807, 2.05) is 36.5 Å². The standard InChI is InChI=1S/C27H29NO2S2/c1-20-12-14-25(15-13-20)32(29,30)28-17-16-23(22-8-4-3-5-9-22)18-21(2)27-19-24-10-6-7-11-26(24)31-27/h3-15,19,21,23,28H,16-18H2,1-2H3. The van der Waals surface area contributed by atoms with E-state index in [-0.39, 0.29) is 5.92 Å². The van der Waals surface area contributed by atoms with Crippen molar-refractivity contribution in [2.75, 3.05) is 6.54 Å². The second-order valence-electron chi connectivity index (χ2n) is 8.43. The molecular weight excluding hydrogens is 434 g/mol. The number of hydrogen-bond donors (Lipinski definition) is 1. The van der Waals surface area contributed by atoms with E-state index in [1.54, 1.807) is 12.1 Å². The lowest BCUT2D eigenvalue weighted by molar-refractivity contribution is 0.520. The lowest BCUT2D eigenvalue weighted by Gasteiger charge is -2.21. The predicted octanol–water partition coefficient (Wildman–Crippen LogP) is 6.86. The first kappa shape index (κ1) is 22.7. The van der Waals surface area contributed by atoms with Crippen LogP contribution >= 0.6 is 11.3 Å². The Labute approximate surface area is 195 Å². The van der Waals surface area contributed by atoms with Gasteiger partial charge >= 0.3 is 0 Å². The second kappa shape index (κ2) is 9.99. The molecular formula is C27H29NO2S2. The van der Waals surface area contributed by atoms with Gasteiger partial charge in [-0.15, -0.1) is 11.3 Å². The van der Waals surface area contributed by atoms with Crippen molar-refractivity contribution < 1.29 is 8.42 Å². The molecule has 5 heteroatoms. The quantitative estimate of drug-likeness (QED) is 0.295. The molecule has 1 N–H and O–H groups in total. The summed E-state index contributed by atoms with van der Waals surface area (Å²) in [6.07, 6.45) is 1.73. The van der Waals surface area contributed by atoms with Gasteiger partial charge in [-0.2, -0.15) is 0 Å². The van der Waals surface area contributed by atoms with Crippen LogP contribution < -0.4 is 4.72 Å². The summed E-state index contributed by atoms with van der Waals surface area (Å²) in [5, 5.41) is 1.29. The molecule has 1 heterocycles. The minimum Gasteiger partial charge on any atom is -0.211 e. The van der Waals surface area contributed by atoms with E-state index in [1.165, 1.54) is 20.5 Å². The molecule has 0 saturated heterocycles. The predicted molar refractivity (Wildman–Crippen MR) is 135 cm³/mol. The smallest absolute Gasteiger partial charge is 0.211 e. The van der Waals surface area contributed by atoms with E-state index in [0.717, 1.165) is 18.4 Å². The zero-order valence-electron chi connectivity index (χ0n) is 18.5. The average Bonchev–Trinajstić information content (AvgIpc) is 3.24. The van der Waals surface area contributed by atoms with Crippen LogP contribution in [-0.2, 0) is 10.0 Å². The maximum Gasteiger partial charge on any atom is 0.240 e. The first-order chi connectivity index (χ1) is 15.4. The SMILES string of the molecule is Cc1ccc(S(=O)(=O)NCCC(CC(C)c2cc3ccccc3s2)c2ccccc2)cc1. The summed E-state index contributed by atoms with van der Waals surface area (Å²) in [4.78, 5) is 1.70. The van der Waals surface area contributed by atoms with Crippen molar-refractivity contribution in [2.45, 2.75) is 43.4 Å². The molecule has 3 aromatic carbocycles. The highest BCUT2D eigenvalue weighted by atomic mass is 32.2. The number of hydrogen-bond acceptors (Lipinski definition) is 3. The molecule has 166 valence electrons. The van der Waals surface area contributed by atoms with Gasteiger partial charge in [-0.05, 0) is 66.8 Å². The third kappa shape index (κ3) is 5.47. The van der Waals surface area contributed by atoms with Crippen LogP contribution in [0, 0.1) is 6.92 Å². The average molecular weight is 464 g/mol. The topological polar surface area (TPSA) is 46.2 Å². The van der Waals surface area contributed by atoms with E-state index >= 15 is 0 Å². The number of benzene rings is 3. The summed E-state index contributed by atoms with van der Waals surface area (Å²) in [6.45, 7) is 4.64. The molecule has 0 fully saturated rings. The normalized spacial score (nSPS) is 13.8. The van der Waals surface area contributed by atoms with Crippen molar-refractivity contribution in [3.05, 3.63) is 101 Å². The summed E-state index contributed by atoms with van der Waals surface area (Å²) in [5.41, 5.74) is 2.30. The van der Waals surface area contributed by atoms with Crippen LogP contribution in [-0.4, -0.2) is 15.0 Å². The van der Waals surface area contributed by atoms with Gasteiger partial charge in [0.1, 0.15) is 0 Å². The molecule has 0 spiro atoms. The lowest BCUT2D eigenvalue weighted by Crippen LogP contribution is -2.26. The van der Waals surface area contributed by atoms with Crippen LogP contribution in [0.1, 0.15) is 47.6 Å². The first-order valence-electron chi connectivity index (χ1n) is 11.0. The second-order valence-corrected chi connectivity index (χ2v) is 11.3. The Morgan fingerprint density at radius 2 is 1.59 bits per heavy atom. The molecule has 4 rings (SSSR count). The number of aryl methyl sites for hydroxylation is 1. The number of nitrogens with one attached hydrogen (secondary N) is 1. The fourth-order valence-electron chi connectivity index (χ4n) is 4.10. The largest absolute Gasteiger partial charge is 0.240 e. The molecule has 32 heavy (non-hydrogen) atoms. The zero-order chi connectivity index (χ0) is 22.6. The highest BCUT2D eigenvalue weighted by Crippen LogP contribution is 2.37. The third-order valence-corrected chi connectivity index (χ3v) is 8.78. The van der Waals surface area contributed by atoms with Crippen molar-refractivity contribution >= 4 is 31.4 Å². The summed E-state index contributed by atoms with van der Waals surface area (Å²) >= 11 is 1.86. The lowest BCUT2D eigenvalue weighted by atomic mass is 9.86. The van der Waals surface area contributed by atoms with E-state index in [2.05, 4.69) is 66.2 Å². The molecule has 0 bridgehead atoms. The molecule has 0 saturated carbocycles. The minimum atomic E-state index is -3.50. The molecule has 0 aliphatic rings. The van der Waals surface area contributed by atoms with Crippen LogP contribution in [0.5, 0.6) is 0 Å². The van der Waals surface area contributed by atoms with Gasteiger partial charge in [0.2, 0.25) is 10.0 Å². The molecule has 3 nitrogen and oxygen atoms in total. The van der Waals surface area contributed by atoms with Gasteiger partial charge in [-0.1, -0.05) is 73.2 Å². The third-order valence-electron chi connectivity index (χ3n) is 5.96. The maximum atomic E-state index is 12.7. The van der Waals surface area contributed by atoms with Crippen LogP contribution in [0.25, 0.3) is 10.1 Å². The van der Waals surface area contributed by atoms with Gasteiger partial charge in [0, 0.05) is 16.1 Å². The molecule has 0 aliphatic heterocycles. The molecule has 2 unspecified atom stereocenters. The summed E-state index contributed by atoms with van der Waals surface area (Å²) in [6, 6.07) is 28.2. The number of thiophene rings is 1. The summed E-state index contributed by atoms with van der Waals surface area (Å²) < 4.78 is 29.5. The molecule has 4 aromatic rings. The first-order valence-corrected chi connectivity index (χ1v) is 13.3. The van der Waals surface area contributed by atoms with Crippen molar-refractivity contribution in [3.63, 3.8) is 0 Å². The Hall–Kier alpha value is -2.47. The highest BCUT2D eigenvalue weighted by Gasteiger charge is 2.20. The van der Waals surface area contributed by atoms with E-state index in [4.69, 9.17) is 0 Å². The molecule has 1 aromatic heterocycles. The van der Waals surface area contributed by atoms with Gasteiger partial charge in [-0.3, -0.25) is 0 Å². The maximum absolute atomic E-state index is 12.7. The van der Waals surface area contributed by atoms with E-state index in [0.29, 0.717) is 17.4 Å². The molecule has 2 atom stereocenters. The Morgan fingerprint density at radius 1 is 0.906 bits per heavy atom. The van der Waals surface area contributed by atoms with Gasteiger partial charge in [-0.25, -0.2) is 13.1 Å². The fourth-order valence-corrected chi connectivity index (χ4v) is 6.28. The highest BCUT2D eigenvalue weighted by molar-refractivity contribution is 7.89. The Kier molecular flexibility index (Phi) is 7.09. The van der Waals surface area contributed by atoms with Gasteiger partial charge < -0.3 is 0 Å². The van der Waals surface area contributed by atoms with Crippen molar-refractivity contribution in [3.8, 4) is 0 Å². The summed E-state index contributed by atoms with van der Waals surface area (Å²) in [5.74, 6) is 0.670. The van der Waals surface area contributed by atoms with E-state index < -0.39 is 10.0 Å². The number of sulfonamides is 1. The molecule has 0 aliphatic carbocycles. The zero-order valence-corrected chi connectivity index (χ0v) is 20.1. The number of rotatable bonds is 9. The molecule has 0 radical (unpaired) electrons. The van der Waals surface area contributed by atoms with Crippen molar-refractivity contribution in [1.29, 1.82) is 0 Å².